The Balaban J connectivity index is 0.000000202. The van der Waals surface area contributed by atoms with Crippen LogP contribution in [0.3, 0.4) is 0 Å². The molecule has 0 aliphatic carbocycles. The van der Waals surface area contributed by atoms with Crippen LogP contribution in [-0.2, 0) is 86.6 Å². The molecule has 4 radical (unpaired) electrons. The van der Waals surface area contributed by atoms with E-state index in [1.165, 1.54) is 38.7 Å². The van der Waals surface area contributed by atoms with E-state index in [-0.39, 0.29) is 86.1 Å². The zero-order chi connectivity index (χ0) is 46.6. The summed E-state index contributed by atoms with van der Waals surface area (Å²) in [7, 11) is 0. The fourth-order valence-electron chi connectivity index (χ4n) is 6.95. The van der Waals surface area contributed by atoms with Crippen molar-refractivity contribution >= 4 is 32.6 Å². The summed E-state index contributed by atoms with van der Waals surface area (Å²) < 4.78 is 50.0. The fourth-order valence-corrected chi connectivity index (χ4v) is 6.95. The topological polar surface area (TPSA) is 51.6 Å². The average Bonchev–Trinajstić information content (AvgIpc) is 3.37. The van der Waals surface area contributed by atoms with Crippen LogP contribution in [0.2, 0.25) is 0 Å². The third-order valence-electron chi connectivity index (χ3n) is 10.5. The second kappa shape index (κ2) is 27.7. The molecule has 0 bridgehead atoms. The maximum atomic E-state index is 12.6. The van der Waals surface area contributed by atoms with Gasteiger partial charge in [-0.3, -0.25) is 14.4 Å². The minimum Gasteiger partial charge on any atom is -0.305 e. The van der Waals surface area contributed by atoms with Gasteiger partial charge in [0.05, 0.1) is 11.0 Å². The monoisotopic (exact) mass is 1650 g/mol. The SMILES string of the molecule is Cc1c[c-]c(-c2ccc3ccccc3n2)cc1.Cc1c[c-]c(-c2nccc3ccccc23)cc1.Fc1c[c-]c(-c2cc(C(F)(F)F)ccn2)cc1.[Ir].[Ir].[Ir].[Ir].[c-]1ccccc1-c1ccc2ccccc2n1. The summed E-state index contributed by atoms with van der Waals surface area (Å²) >= 11 is 0. The number of para-hydroxylation sites is 2. The average molecular weight is 1650 g/mol. The number of pyridine rings is 4. The molecular weight excluding hydrogens is 1610 g/mol. The van der Waals surface area contributed by atoms with Crippen molar-refractivity contribution in [2.24, 2.45) is 0 Å². The van der Waals surface area contributed by atoms with Crippen LogP contribution in [0, 0.1) is 43.9 Å². The molecule has 12 heteroatoms. The summed E-state index contributed by atoms with van der Waals surface area (Å²) in [5, 5.41) is 4.73. The summed E-state index contributed by atoms with van der Waals surface area (Å²) in [6.45, 7) is 4.13. The van der Waals surface area contributed by atoms with Crippen molar-refractivity contribution in [2.45, 2.75) is 20.0 Å². The number of hydrogen-bond donors (Lipinski definition) is 0. The fraction of sp³-hybridized carbons (Fsp3) is 0.0508. The molecular formula is C59H40F4Ir4N4-4. The van der Waals surface area contributed by atoms with Gasteiger partial charge >= 0.3 is 6.18 Å². The Morgan fingerprint density at radius 1 is 0.423 bits per heavy atom. The molecule has 0 N–H and O–H groups in total. The van der Waals surface area contributed by atoms with Crippen molar-refractivity contribution in [3.8, 4) is 45.0 Å². The Bertz CT molecular complexity index is 3370. The standard InChI is InChI=1S/2C16H12N.C15H10N.C12H6F4N.4Ir/c1-12-6-8-14(9-7-12)16-15-5-3-2-4-13(15)10-11-17-16;1-12-6-8-14(9-7-12)16-11-10-13-4-2-3-5-15(13)17-16;1-2-6-12(7-3-1)15-11-10-13-8-4-5-9-14(13)16-15;13-10-3-1-8(2-4-10)11-7-9(5-6-17-11)12(14,15)16;;;;/h2*2-8,10-11H,1H3;1-6,8-11H;1,3-7H;;;;/q4*-1;;;;. The summed E-state index contributed by atoms with van der Waals surface area (Å²) in [4.78, 5) is 17.5. The molecule has 4 aromatic heterocycles. The number of rotatable bonds is 4. The van der Waals surface area contributed by atoms with Crippen LogP contribution >= 0.6 is 0 Å². The number of aromatic nitrogens is 4. The van der Waals surface area contributed by atoms with Crippen LogP contribution < -0.4 is 0 Å². The summed E-state index contributed by atoms with van der Waals surface area (Å²) in [5.41, 5.74) is 10.2. The van der Waals surface area contributed by atoms with Gasteiger partial charge in [0.2, 0.25) is 0 Å². The molecule has 0 saturated heterocycles. The van der Waals surface area contributed by atoms with E-state index in [4.69, 9.17) is 0 Å². The van der Waals surface area contributed by atoms with E-state index in [1.807, 2.05) is 109 Å². The third-order valence-corrected chi connectivity index (χ3v) is 10.5. The van der Waals surface area contributed by atoms with Gasteiger partial charge in [0.25, 0.3) is 0 Å². The van der Waals surface area contributed by atoms with Crippen LogP contribution in [0.25, 0.3) is 77.6 Å². The second-order valence-electron chi connectivity index (χ2n) is 15.3. The molecule has 0 spiro atoms. The van der Waals surface area contributed by atoms with Crippen LogP contribution in [-0.4, -0.2) is 19.9 Å². The summed E-state index contributed by atoms with van der Waals surface area (Å²) in [6.07, 6.45) is -1.50. The molecule has 0 aliphatic rings. The molecule has 0 aliphatic heterocycles. The summed E-state index contributed by atoms with van der Waals surface area (Å²) in [5.74, 6) is -0.499. The van der Waals surface area contributed by atoms with Crippen LogP contribution in [0.5, 0.6) is 0 Å². The maximum Gasteiger partial charge on any atom is 0.415 e. The molecule has 7 aromatic carbocycles. The first-order valence-electron chi connectivity index (χ1n) is 21.3. The van der Waals surface area contributed by atoms with Crippen molar-refractivity contribution in [2.75, 3.05) is 0 Å². The Labute approximate surface area is 464 Å². The van der Waals surface area contributed by atoms with Gasteiger partial charge in [0.1, 0.15) is 0 Å². The van der Waals surface area contributed by atoms with Crippen LogP contribution in [0.15, 0.2) is 207 Å². The number of alkyl halides is 3. The van der Waals surface area contributed by atoms with Crippen LogP contribution in [0.1, 0.15) is 16.7 Å². The van der Waals surface area contributed by atoms with E-state index >= 15 is 0 Å². The minimum absolute atomic E-state index is 0. The predicted octanol–water partition coefficient (Wildman–Crippen LogP) is 15.4. The molecule has 364 valence electrons. The summed E-state index contributed by atoms with van der Waals surface area (Å²) in [6, 6.07) is 72.7. The largest absolute Gasteiger partial charge is 0.415 e. The smallest absolute Gasteiger partial charge is 0.305 e. The number of nitrogens with zero attached hydrogens (tertiary/aromatic N) is 4. The molecule has 4 heterocycles. The van der Waals surface area contributed by atoms with Crippen molar-refractivity contribution < 1.29 is 98.0 Å². The molecule has 11 rings (SSSR count). The van der Waals surface area contributed by atoms with Crippen molar-refractivity contribution in [1.82, 2.24) is 19.9 Å². The number of fused-ring (bicyclic) bond motifs is 3. The first-order chi connectivity index (χ1) is 32.6. The van der Waals surface area contributed by atoms with Crippen molar-refractivity contribution in [3.05, 3.63) is 253 Å². The number of benzene rings is 7. The zero-order valence-electron chi connectivity index (χ0n) is 37.8. The number of hydrogen-bond acceptors (Lipinski definition) is 4. The normalized spacial score (nSPS) is 10.2. The Kier molecular flexibility index (Phi) is 22.6. The first-order valence-corrected chi connectivity index (χ1v) is 21.3. The van der Waals surface area contributed by atoms with Gasteiger partial charge in [-0.1, -0.05) is 105 Å². The van der Waals surface area contributed by atoms with Gasteiger partial charge in [-0.2, -0.15) is 13.2 Å². The van der Waals surface area contributed by atoms with Crippen LogP contribution in [0.4, 0.5) is 17.6 Å². The molecule has 0 fully saturated rings. The Morgan fingerprint density at radius 3 is 1.48 bits per heavy atom. The van der Waals surface area contributed by atoms with E-state index in [9.17, 15) is 17.6 Å². The van der Waals surface area contributed by atoms with Gasteiger partial charge in [-0.05, 0) is 68.6 Å². The quantitative estimate of drug-likeness (QED) is 0.130. The maximum absolute atomic E-state index is 12.6. The molecule has 71 heavy (non-hydrogen) atoms. The molecule has 4 nitrogen and oxygen atoms in total. The molecule has 0 saturated carbocycles. The number of halogens is 4. The van der Waals surface area contributed by atoms with Gasteiger partial charge in [0, 0.05) is 104 Å². The minimum atomic E-state index is -4.42. The molecule has 0 unspecified atom stereocenters. The Hall–Kier alpha value is -5.76. The third kappa shape index (κ3) is 15.9. The Morgan fingerprint density at radius 2 is 0.930 bits per heavy atom. The van der Waals surface area contributed by atoms with E-state index in [1.54, 1.807) is 0 Å². The van der Waals surface area contributed by atoms with Gasteiger partial charge in [-0.15, -0.1) is 137 Å². The van der Waals surface area contributed by atoms with E-state index in [0.717, 1.165) is 75.3 Å². The van der Waals surface area contributed by atoms with Crippen molar-refractivity contribution in [3.63, 3.8) is 0 Å². The van der Waals surface area contributed by atoms with Gasteiger partial charge in [0.15, 0.2) is 0 Å². The van der Waals surface area contributed by atoms with E-state index in [0.29, 0.717) is 5.56 Å². The molecule has 0 amide bonds. The van der Waals surface area contributed by atoms with Gasteiger partial charge < -0.3 is 9.97 Å². The van der Waals surface area contributed by atoms with Crippen molar-refractivity contribution in [1.29, 1.82) is 0 Å². The van der Waals surface area contributed by atoms with E-state index in [2.05, 4.69) is 119 Å². The predicted molar refractivity (Wildman–Crippen MR) is 261 cm³/mol. The zero-order valence-corrected chi connectivity index (χ0v) is 47.3. The number of aryl methyl sites for hydroxylation is 2. The first kappa shape index (κ1) is 57.8. The van der Waals surface area contributed by atoms with Gasteiger partial charge in [-0.25, -0.2) is 0 Å². The molecule has 11 aromatic rings. The second-order valence-corrected chi connectivity index (χ2v) is 15.3. The van der Waals surface area contributed by atoms with E-state index < -0.39 is 17.6 Å². The molecule has 0 atom stereocenters.